The van der Waals surface area contributed by atoms with Crippen molar-refractivity contribution in [1.29, 1.82) is 0 Å². The molecule has 4 rings (SSSR count). The molecule has 45 heavy (non-hydrogen) atoms. The molecule has 236 valence electrons. The third-order valence-corrected chi connectivity index (χ3v) is 15.0. The molecule has 0 amide bonds. The van der Waals surface area contributed by atoms with Crippen LogP contribution >= 0.6 is 15.8 Å². The summed E-state index contributed by atoms with van der Waals surface area (Å²) in [5.74, 6) is 0. The monoisotopic (exact) mass is 742 g/mol. The third kappa shape index (κ3) is 9.94. The van der Waals surface area contributed by atoms with E-state index in [4.69, 9.17) is 0 Å². The first kappa shape index (κ1) is 37.8. The summed E-state index contributed by atoms with van der Waals surface area (Å²) in [6, 6.07) is 21.6. The summed E-state index contributed by atoms with van der Waals surface area (Å²) in [6.07, 6.45) is 0.383. The fourth-order valence-corrected chi connectivity index (χ4v) is 12.2. The zero-order valence-electron chi connectivity index (χ0n) is 22.2. The Bertz CT molecular complexity index is 1850. The van der Waals surface area contributed by atoms with E-state index in [2.05, 4.69) is 0 Å². The Labute approximate surface area is 285 Å². The molecule has 4 aromatic rings. The fourth-order valence-electron chi connectivity index (χ4n) is 4.26. The molecule has 0 aliphatic heterocycles. The molecule has 0 fully saturated rings. The van der Waals surface area contributed by atoms with Crippen molar-refractivity contribution in [2.75, 3.05) is 12.3 Å². The van der Waals surface area contributed by atoms with Gasteiger partial charge in [-0.3, -0.25) is 18.2 Å². The molecule has 0 aliphatic rings. The molecule has 4 aromatic carbocycles. The second-order valence-corrected chi connectivity index (χ2v) is 19.6. The van der Waals surface area contributed by atoms with Crippen LogP contribution in [0.25, 0.3) is 0 Å². The van der Waals surface area contributed by atoms with Crippen LogP contribution in [0.1, 0.15) is 0 Å². The molecular formula is C26H25NaO12P2S4. The number of rotatable bonds is 11. The van der Waals surface area contributed by atoms with Crippen molar-refractivity contribution in [1.82, 2.24) is 0 Å². The van der Waals surface area contributed by atoms with Gasteiger partial charge in [0.05, 0.1) is 19.6 Å². The number of hydrogen-bond acceptors (Lipinski definition) is 8. The molecule has 19 heteroatoms. The van der Waals surface area contributed by atoms with E-state index in [0.717, 1.165) is 0 Å². The molecule has 0 radical (unpaired) electrons. The van der Waals surface area contributed by atoms with Gasteiger partial charge in [0, 0.05) is 0 Å². The quantitative estimate of drug-likeness (QED) is 0.0979. The summed E-state index contributed by atoms with van der Waals surface area (Å²) in [6.45, 7) is 0. The predicted octanol–water partition coefficient (Wildman–Crippen LogP) is 1.59. The zero-order chi connectivity index (χ0) is 32.5. The Hall–Kier alpha value is -1.62. The first-order valence-electron chi connectivity index (χ1n) is 12.2. The average Bonchev–Trinajstić information content (AvgIpc) is 2.94. The fraction of sp³-hybridized carbons (Fsp3) is 0.0769. The van der Waals surface area contributed by atoms with E-state index in [0.29, 0.717) is 21.2 Å². The van der Waals surface area contributed by atoms with Crippen molar-refractivity contribution in [2.24, 2.45) is 0 Å². The maximum absolute atomic E-state index is 11.9. The Morgan fingerprint density at radius 1 is 0.400 bits per heavy atom. The molecule has 0 aromatic heterocycles. The van der Waals surface area contributed by atoms with E-state index in [1.165, 1.54) is 72.8 Å². The normalized spacial score (nSPS) is 12.7. The van der Waals surface area contributed by atoms with E-state index in [-0.39, 0.29) is 41.9 Å². The van der Waals surface area contributed by atoms with Crippen LogP contribution in [0, 0.1) is 0 Å². The van der Waals surface area contributed by atoms with Crippen molar-refractivity contribution >= 4 is 107 Å². The van der Waals surface area contributed by atoms with Crippen LogP contribution in [0.3, 0.4) is 0 Å². The Balaban J connectivity index is 0.00000552. The van der Waals surface area contributed by atoms with E-state index in [1.54, 1.807) is 24.3 Å². The second-order valence-electron chi connectivity index (χ2n) is 9.19. The van der Waals surface area contributed by atoms with Crippen molar-refractivity contribution in [3.8, 4) is 0 Å². The van der Waals surface area contributed by atoms with Crippen molar-refractivity contribution in [2.45, 2.75) is 19.6 Å². The van der Waals surface area contributed by atoms with Gasteiger partial charge >= 0.3 is 29.6 Å². The Morgan fingerprint density at radius 2 is 0.600 bits per heavy atom. The van der Waals surface area contributed by atoms with Gasteiger partial charge in [0.15, 0.2) is 0 Å². The van der Waals surface area contributed by atoms with Gasteiger partial charge in [0.25, 0.3) is 40.5 Å². The van der Waals surface area contributed by atoms with Crippen LogP contribution in [-0.2, 0) is 40.5 Å². The molecule has 0 atom stereocenters. The molecule has 0 spiro atoms. The summed E-state index contributed by atoms with van der Waals surface area (Å²) in [5, 5.41) is 1.65. The van der Waals surface area contributed by atoms with Gasteiger partial charge in [-0.1, -0.05) is 48.5 Å². The van der Waals surface area contributed by atoms with Gasteiger partial charge in [-0.25, -0.2) is 0 Å². The van der Waals surface area contributed by atoms with E-state index in [9.17, 15) is 51.9 Å². The van der Waals surface area contributed by atoms with Crippen LogP contribution in [-0.4, -0.2) is 93.8 Å². The molecule has 4 N–H and O–H groups in total. The number of hydrogen-bond donors (Lipinski definition) is 4. The van der Waals surface area contributed by atoms with E-state index < -0.39 is 75.9 Å². The van der Waals surface area contributed by atoms with Gasteiger partial charge in [0.2, 0.25) is 0 Å². The zero-order valence-corrected chi connectivity index (χ0v) is 27.3. The molecule has 0 saturated carbocycles. The summed E-state index contributed by atoms with van der Waals surface area (Å²) in [7, 11) is -21.7. The van der Waals surface area contributed by atoms with Crippen molar-refractivity contribution < 1.29 is 51.9 Å². The van der Waals surface area contributed by atoms with E-state index >= 15 is 0 Å². The SMILES string of the molecule is O=S(=O)(O)c1cccc(P(CCP(c2cccc(S(=O)(=O)O)c2)c2cccc(S(=O)(=O)O)c2)c2cccc(S(=O)(=O)O)c2)c1.[NaH]. The summed E-state index contributed by atoms with van der Waals surface area (Å²) < 4.78 is 134. The van der Waals surface area contributed by atoms with Crippen molar-refractivity contribution in [3.63, 3.8) is 0 Å². The van der Waals surface area contributed by atoms with Gasteiger partial charge in [-0.15, -0.1) is 0 Å². The molecule has 0 aliphatic carbocycles. The van der Waals surface area contributed by atoms with Crippen LogP contribution in [0.5, 0.6) is 0 Å². The first-order valence-corrected chi connectivity index (χ1v) is 21.0. The van der Waals surface area contributed by atoms with Gasteiger partial charge in [-0.05, 0) is 97.9 Å². The molecule has 0 heterocycles. The van der Waals surface area contributed by atoms with Gasteiger partial charge < -0.3 is 0 Å². The Morgan fingerprint density at radius 3 is 0.778 bits per heavy atom. The van der Waals surface area contributed by atoms with Crippen molar-refractivity contribution in [3.05, 3.63) is 97.1 Å². The summed E-state index contributed by atoms with van der Waals surface area (Å²) in [5.41, 5.74) is 0. The summed E-state index contributed by atoms with van der Waals surface area (Å²) in [4.78, 5) is -1.62. The van der Waals surface area contributed by atoms with Crippen LogP contribution in [0.4, 0.5) is 0 Å². The topological polar surface area (TPSA) is 217 Å². The minimum atomic E-state index is -4.61. The Kier molecular flexibility index (Phi) is 12.3. The maximum atomic E-state index is 11.9. The average molecular weight is 743 g/mol. The van der Waals surface area contributed by atoms with Gasteiger partial charge in [-0.2, -0.15) is 33.7 Å². The predicted molar refractivity (Wildman–Crippen MR) is 174 cm³/mol. The minimum absolute atomic E-state index is 0. The third-order valence-electron chi connectivity index (χ3n) is 6.26. The van der Waals surface area contributed by atoms with Crippen LogP contribution in [0.15, 0.2) is 117 Å². The standard InChI is InChI=1S/C26H24O12P2S4.Na.H/c27-41(28,29)23-9-1-5-19(15-23)39(20-6-2-10-24(16-20)42(30,31)32)13-14-40(21-7-3-11-25(17-21)43(33,34)35)22-8-4-12-26(18-22)44(36,37)38;;/h1-12,15-18H,13-14H2,(H,27,28,29)(H,30,31,32)(H,33,34,35)(H,36,37,38);;. The molecule has 0 saturated heterocycles. The molecule has 0 bridgehead atoms. The van der Waals surface area contributed by atoms with E-state index in [1.807, 2.05) is 0 Å². The van der Waals surface area contributed by atoms with Gasteiger partial charge in [0.1, 0.15) is 0 Å². The van der Waals surface area contributed by atoms with Crippen LogP contribution < -0.4 is 21.2 Å². The molecule has 12 nitrogen and oxygen atoms in total. The molecule has 0 unspecified atom stereocenters. The second kappa shape index (κ2) is 14.7. The number of benzene rings is 4. The first-order chi connectivity index (χ1) is 20.3. The molecular weight excluding hydrogens is 717 g/mol. The van der Waals surface area contributed by atoms with Crippen LogP contribution in [0.2, 0.25) is 0 Å². The summed E-state index contributed by atoms with van der Waals surface area (Å²) >= 11 is 0.